The molecule has 1 aromatic heterocycles. The number of aromatic nitrogens is 2. The number of urea groups is 1. The highest BCUT2D eigenvalue weighted by molar-refractivity contribution is 5.88. The molecule has 2 amide bonds. The van der Waals surface area contributed by atoms with E-state index < -0.39 is 5.69 Å². The molecule has 1 aromatic carbocycles. The minimum atomic E-state index is -0.427. The van der Waals surface area contributed by atoms with E-state index in [0.717, 1.165) is 31.7 Å². The van der Waals surface area contributed by atoms with Crippen molar-refractivity contribution >= 4 is 11.8 Å². The van der Waals surface area contributed by atoms with Crippen LogP contribution < -0.4 is 22.5 Å². The number of rotatable bonds is 6. The zero-order chi connectivity index (χ0) is 21.5. The summed E-state index contributed by atoms with van der Waals surface area (Å²) in [6.45, 7) is 5.08. The van der Waals surface area contributed by atoms with E-state index in [0.29, 0.717) is 43.4 Å². The molecular formula is C22H29N7O2. The van der Waals surface area contributed by atoms with Crippen LogP contribution in [0.25, 0.3) is 5.69 Å². The molecule has 1 aliphatic carbocycles. The fraction of sp³-hybridized carbons (Fsp3) is 0.500. The molecule has 0 radical (unpaired) electrons. The fourth-order valence-corrected chi connectivity index (χ4v) is 4.82. The Hall–Kier alpha value is -2.75. The number of carbonyl (C=O) groups excluding carboxylic acids is 1. The Kier molecular flexibility index (Phi) is 5.25. The summed E-state index contributed by atoms with van der Waals surface area (Å²) in [5.74, 6) is 2.08. The lowest BCUT2D eigenvalue weighted by Gasteiger charge is -2.38. The lowest BCUT2D eigenvalue weighted by molar-refractivity contribution is 0.127. The van der Waals surface area contributed by atoms with Gasteiger partial charge in [0.2, 0.25) is 0 Å². The largest absolute Gasteiger partial charge is 0.354 e. The van der Waals surface area contributed by atoms with Crippen molar-refractivity contribution in [1.82, 2.24) is 19.4 Å². The zero-order valence-corrected chi connectivity index (χ0v) is 17.5. The molecule has 5 N–H and O–H groups in total. The summed E-state index contributed by atoms with van der Waals surface area (Å²) in [5, 5.41) is 2.70. The van der Waals surface area contributed by atoms with Crippen molar-refractivity contribution < 1.29 is 4.79 Å². The van der Waals surface area contributed by atoms with Gasteiger partial charge < -0.3 is 16.4 Å². The maximum absolute atomic E-state index is 12.5. The third-order valence-corrected chi connectivity index (χ3v) is 6.81. The Morgan fingerprint density at radius 2 is 1.81 bits per heavy atom. The minimum absolute atomic E-state index is 0.234. The fourth-order valence-electron chi connectivity index (χ4n) is 4.82. The number of hydrogen-bond acceptors (Lipinski definition) is 6. The predicted molar refractivity (Wildman–Crippen MR) is 118 cm³/mol. The van der Waals surface area contributed by atoms with Crippen LogP contribution >= 0.6 is 0 Å². The van der Waals surface area contributed by atoms with Gasteiger partial charge in [0.25, 0.3) is 0 Å². The maximum Gasteiger partial charge on any atom is 0.354 e. The standard InChI is InChI=1S/C22H29N7O2/c23-7-5-15-10-28(11-15)21(30)25-19-6-8-29(22(31)26-19)16-3-1-14(2-4-16)9-27-12-17-18(13-27)20(17)24/h1-4,6,8,15,17-18,20H,5,7,9-13,23-24H2,(H,25,26,30,31). The summed E-state index contributed by atoms with van der Waals surface area (Å²) in [6.07, 6.45) is 2.56. The van der Waals surface area contributed by atoms with Crippen molar-refractivity contribution in [1.29, 1.82) is 0 Å². The Labute approximate surface area is 181 Å². The van der Waals surface area contributed by atoms with Crippen molar-refractivity contribution in [3.8, 4) is 5.69 Å². The van der Waals surface area contributed by atoms with Gasteiger partial charge in [0.1, 0.15) is 5.82 Å². The molecule has 2 unspecified atom stereocenters. The molecule has 0 bridgehead atoms. The minimum Gasteiger partial charge on any atom is -0.330 e. The monoisotopic (exact) mass is 423 g/mol. The molecule has 2 aliphatic heterocycles. The summed E-state index contributed by atoms with van der Waals surface area (Å²) in [5.41, 5.74) is 13.1. The smallest absolute Gasteiger partial charge is 0.330 e. The van der Waals surface area contributed by atoms with Crippen LogP contribution in [0, 0.1) is 17.8 Å². The Balaban J connectivity index is 1.18. The SMILES string of the molecule is NCCC1CN(C(=O)Nc2ccn(-c3ccc(CN4CC5C(N)C5C4)cc3)c(=O)n2)C1. The van der Waals surface area contributed by atoms with Crippen molar-refractivity contribution in [2.45, 2.75) is 19.0 Å². The number of benzene rings is 1. The Morgan fingerprint density at radius 3 is 2.45 bits per heavy atom. The summed E-state index contributed by atoms with van der Waals surface area (Å²) >= 11 is 0. The number of nitrogens with zero attached hydrogens (tertiary/aromatic N) is 4. The summed E-state index contributed by atoms with van der Waals surface area (Å²) in [6, 6.07) is 9.76. The van der Waals surface area contributed by atoms with Gasteiger partial charge in [-0.25, -0.2) is 9.59 Å². The summed E-state index contributed by atoms with van der Waals surface area (Å²) in [4.78, 5) is 32.9. The molecule has 31 heavy (non-hydrogen) atoms. The van der Waals surface area contributed by atoms with Gasteiger partial charge in [-0.2, -0.15) is 4.98 Å². The van der Waals surface area contributed by atoms with Crippen molar-refractivity contribution in [2.24, 2.45) is 29.2 Å². The molecule has 3 aliphatic rings. The number of nitrogens with two attached hydrogens (primary N) is 2. The average molecular weight is 424 g/mol. The van der Waals surface area contributed by atoms with Crippen LogP contribution in [-0.4, -0.2) is 64.1 Å². The van der Waals surface area contributed by atoms with E-state index in [-0.39, 0.29) is 11.8 Å². The Bertz CT molecular complexity index is 1000. The second kappa shape index (κ2) is 8.07. The first kappa shape index (κ1) is 20.2. The van der Waals surface area contributed by atoms with Crippen molar-refractivity contribution in [3.63, 3.8) is 0 Å². The number of nitrogens with one attached hydrogen (secondary N) is 1. The van der Waals surface area contributed by atoms with Gasteiger partial charge in [0.05, 0.1) is 5.69 Å². The topological polar surface area (TPSA) is 123 Å². The molecule has 1 saturated carbocycles. The molecule has 5 rings (SSSR count). The zero-order valence-electron chi connectivity index (χ0n) is 17.5. The number of amides is 2. The van der Waals surface area contributed by atoms with Crippen LogP contribution in [0.4, 0.5) is 10.6 Å². The second-order valence-corrected chi connectivity index (χ2v) is 9.01. The first-order valence-corrected chi connectivity index (χ1v) is 10.9. The van der Waals surface area contributed by atoms with Crippen LogP contribution in [0.3, 0.4) is 0 Å². The molecule has 2 saturated heterocycles. The number of fused-ring (bicyclic) bond motifs is 1. The average Bonchev–Trinajstić information content (AvgIpc) is 3.11. The first-order chi connectivity index (χ1) is 15.0. The van der Waals surface area contributed by atoms with Gasteiger partial charge in [-0.1, -0.05) is 12.1 Å². The van der Waals surface area contributed by atoms with E-state index in [9.17, 15) is 9.59 Å². The van der Waals surface area contributed by atoms with Crippen LogP contribution in [0.2, 0.25) is 0 Å². The van der Waals surface area contributed by atoms with Gasteiger partial charge in [-0.15, -0.1) is 0 Å². The van der Waals surface area contributed by atoms with Gasteiger partial charge in [-0.3, -0.25) is 14.8 Å². The molecule has 3 heterocycles. The molecule has 2 aromatic rings. The van der Waals surface area contributed by atoms with E-state index >= 15 is 0 Å². The number of piperidine rings is 1. The molecule has 3 fully saturated rings. The molecular weight excluding hydrogens is 394 g/mol. The van der Waals surface area contributed by atoms with E-state index in [1.54, 1.807) is 17.2 Å². The van der Waals surface area contributed by atoms with Gasteiger partial charge in [-0.05, 0) is 54.5 Å². The number of anilines is 1. The Morgan fingerprint density at radius 1 is 1.10 bits per heavy atom. The predicted octanol–water partition coefficient (Wildman–Crippen LogP) is 0.434. The van der Waals surface area contributed by atoms with Crippen LogP contribution in [0.15, 0.2) is 41.3 Å². The number of likely N-dealkylation sites (tertiary alicyclic amines) is 2. The molecule has 2 atom stereocenters. The summed E-state index contributed by atoms with van der Waals surface area (Å²) < 4.78 is 1.48. The molecule has 164 valence electrons. The summed E-state index contributed by atoms with van der Waals surface area (Å²) in [7, 11) is 0. The third kappa shape index (κ3) is 4.08. The van der Waals surface area contributed by atoms with E-state index in [2.05, 4.69) is 15.2 Å². The lowest BCUT2D eigenvalue weighted by atomic mass is 9.97. The van der Waals surface area contributed by atoms with Crippen molar-refractivity contribution in [2.75, 3.05) is 38.0 Å². The van der Waals surface area contributed by atoms with Crippen LogP contribution in [-0.2, 0) is 6.54 Å². The third-order valence-electron chi connectivity index (χ3n) is 6.81. The second-order valence-electron chi connectivity index (χ2n) is 9.01. The number of carbonyl (C=O) groups is 1. The highest BCUT2D eigenvalue weighted by Crippen LogP contribution is 2.44. The quantitative estimate of drug-likeness (QED) is 0.619. The van der Waals surface area contributed by atoms with E-state index in [1.807, 2.05) is 24.3 Å². The van der Waals surface area contributed by atoms with Gasteiger partial charge in [0, 0.05) is 45.0 Å². The van der Waals surface area contributed by atoms with Crippen LogP contribution in [0.5, 0.6) is 0 Å². The van der Waals surface area contributed by atoms with Gasteiger partial charge in [0.15, 0.2) is 0 Å². The van der Waals surface area contributed by atoms with E-state index in [1.165, 1.54) is 10.1 Å². The van der Waals surface area contributed by atoms with Gasteiger partial charge >= 0.3 is 11.7 Å². The molecule has 0 spiro atoms. The lowest BCUT2D eigenvalue weighted by Crippen LogP contribution is -2.52. The molecule has 9 heteroatoms. The first-order valence-electron chi connectivity index (χ1n) is 10.9. The van der Waals surface area contributed by atoms with Crippen molar-refractivity contribution in [3.05, 3.63) is 52.6 Å². The number of hydrogen-bond donors (Lipinski definition) is 3. The normalized spacial score (nSPS) is 25.2. The highest BCUT2D eigenvalue weighted by atomic mass is 16.2. The molecule has 9 nitrogen and oxygen atoms in total. The van der Waals surface area contributed by atoms with Crippen LogP contribution in [0.1, 0.15) is 12.0 Å². The maximum atomic E-state index is 12.5. The highest BCUT2D eigenvalue weighted by Gasteiger charge is 2.53. The van der Waals surface area contributed by atoms with E-state index in [4.69, 9.17) is 11.5 Å².